The van der Waals surface area contributed by atoms with Crippen LogP contribution in [0.5, 0.6) is 0 Å². The zero-order valence-electron chi connectivity index (χ0n) is 11.3. The molecule has 1 aliphatic rings. The molecule has 0 aromatic heterocycles. The highest BCUT2D eigenvalue weighted by Crippen LogP contribution is 2.16. The maximum Gasteiger partial charge on any atom is 0.0622 e. The predicted molar refractivity (Wildman–Crippen MR) is 70.0 cm³/mol. The van der Waals surface area contributed by atoms with Crippen LogP contribution in [0.2, 0.25) is 0 Å². The molecule has 0 amide bonds. The zero-order valence-corrected chi connectivity index (χ0v) is 11.3. The van der Waals surface area contributed by atoms with Gasteiger partial charge in [-0.15, -0.1) is 0 Å². The summed E-state index contributed by atoms with van der Waals surface area (Å²) in [5, 5.41) is 9.26. The van der Waals surface area contributed by atoms with Gasteiger partial charge in [-0.2, -0.15) is 0 Å². The molecule has 2 atom stereocenters. The van der Waals surface area contributed by atoms with E-state index in [0.717, 1.165) is 52.0 Å². The van der Waals surface area contributed by atoms with Crippen LogP contribution < -0.4 is 5.73 Å². The fourth-order valence-electron chi connectivity index (χ4n) is 2.36. The van der Waals surface area contributed by atoms with Crippen molar-refractivity contribution in [1.29, 1.82) is 0 Å². The van der Waals surface area contributed by atoms with Gasteiger partial charge < -0.3 is 15.6 Å². The Morgan fingerprint density at radius 1 is 1.47 bits per heavy atom. The van der Waals surface area contributed by atoms with Gasteiger partial charge in [0.25, 0.3) is 0 Å². The predicted octanol–water partition coefficient (Wildman–Crippen LogP) is 0.977. The summed E-state index contributed by atoms with van der Waals surface area (Å²) in [6.07, 6.45) is 3.93. The molecule has 0 aliphatic carbocycles. The van der Waals surface area contributed by atoms with Gasteiger partial charge in [-0.3, -0.25) is 4.90 Å². The Morgan fingerprint density at radius 2 is 2.24 bits per heavy atom. The number of hydrogen-bond donors (Lipinski definition) is 2. The highest BCUT2D eigenvalue weighted by molar-refractivity contribution is 4.82. The number of nitrogens with two attached hydrogens (primary N) is 1. The summed E-state index contributed by atoms with van der Waals surface area (Å²) in [7, 11) is 0. The largest absolute Gasteiger partial charge is 0.394 e. The molecular formula is C13H28N2O2. The van der Waals surface area contributed by atoms with E-state index in [-0.39, 0.29) is 12.1 Å². The van der Waals surface area contributed by atoms with Crippen LogP contribution >= 0.6 is 0 Å². The van der Waals surface area contributed by atoms with Crippen LogP contribution in [0.4, 0.5) is 0 Å². The number of hydrogen-bond acceptors (Lipinski definition) is 4. The van der Waals surface area contributed by atoms with Crippen molar-refractivity contribution in [2.75, 3.05) is 32.9 Å². The quantitative estimate of drug-likeness (QED) is 0.701. The van der Waals surface area contributed by atoms with E-state index in [1.807, 2.05) is 6.92 Å². The Bertz CT molecular complexity index is 208. The molecule has 0 saturated carbocycles. The second-order valence-electron chi connectivity index (χ2n) is 5.15. The lowest BCUT2D eigenvalue weighted by Gasteiger charge is -2.36. The van der Waals surface area contributed by atoms with Crippen molar-refractivity contribution >= 4 is 0 Å². The fourth-order valence-corrected chi connectivity index (χ4v) is 2.36. The lowest BCUT2D eigenvalue weighted by molar-refractivity contribution is -0.0101. The second-order valence-corrected chi connectivity index (χ2v) is 5.15. The minimum atomic E-state index is -0.381. The Labute approximate surface area is 105 Å². The van der Waals surface area contributed by atoms with E-state index < -0.39 is 0 Å². The Balaban J connectivity index is 2.29. The Hall–Kier alpha value is -0.160. The van der Waals surface area contributed by atoms with Gasteiger partial charge in [0.1, 0.15) is 0 Å². The van der Waals surface area contributed by atoms with Crippen LogP contribution in [-0.4, -0.2) is 54.5 Å². The molecule has 2 unspecified atom stereocenters. The summed E-state index contributed by atoms with van der Waals surface area (Å²) in [6, 6.07) is 0.562. The number of nitrogens with zero attached hydrogens (tertiary/aromatic N) is 1. The van der Waals surface area contributed by atoms with Crippen molar-refractivity contribution in [3.63, 3.8) is 0 Å². The third kappa shape index (κ3) is 4.54. The number of rotatable bonds is 7. The number of morpholine rings is 1. The third-order valence-electron chi connectivity index (χ3n) is 3.96. The average Bonchev–Trinajstić information content (AvgIpc) is 2.39. The second kappa shape index (κ2) is 7.31. The highest BCUT2D eigenvalue weighted by Gasteiger charge is 2.24. The van der Waals surface area contributed by atoms with E-state index in [0.29, 0.717) is 6.04 Å². The molecule has 17 heavy (non-hydrogen) atoms. The first-order chi connectivity index (χ1) is 8.15. The van der Waals surface area contributed by atoms with Gasteiger partial charge in [-0.1, -0.05) is 13.8 Å². The number of aliphatic hydroxyl groups is 1. The van der Waals surface area contributed by atoms with Gasteiger partial charge >= 0.3 is 0 Å². The van der Waals surface area contributed by atoms with Gasteiger partial charge in [0.05, 0.1) is 19.8 Å². The van der Waals surface area contributed by atoms with Crippen LogP contribution in [0, 0.1) is 0 Å². The van der Waals surface area contributed by atoms with E-state index in [1.165, 1.54) is 0 Å². The molecule has 1 rings (SSSR count). The molecular weight excluding hydrogens is 216 g/mol. The zero-order chi connectivity index (χ0) is 12.7. The van der Waals surface area contributed by atoms with E-state index in [1.54, 1.807) is 0 Å². The fraction of sp³-hybridized carbons (Fsp3) is 1.00. The van der Waals surface area contributed by atoms with E-state index in [4.69, 9.17) is 10.5 Å². The van der Waals surface area contributed by atoms with Crippen LogP contribution in [0.15, 0.2) is 0 Å². The normalized spacial score (nSPS) is 25.8. The number of aliphatic hydroxyl groups excluding tert-OH is 1. The van der Waals surface area contributed by atoms with Crippen molar-refractivity contribution < 1.29 is 9.84 Å². The van der Waals surface area contributed by atoms with E-state index in [9.17, 15) is 5.11 Å². The van der Waals surface area contributed by atoms with Crippen molar-refractivity contribution in [1.82, 2.24) is 4.90 Å². The van der Waals surface area contributed by atoms with Gasteiger partial charge in [0.2, 0.25) is 0 Å². The molecule has 1 saturated heterocycles. The SMILES string of the molecule is CCC1COCCN1CCCC(N)(CC)CO. The molecule has 0 spiro atoms. The van der Waals surface area contributed by atoms with E-state index >= 15 is 0 Å². The van der Waals surface area contributed by atoms with E-state index in [2.05, 4.69) is 11.8 Å². The first kappa shape index (κ1) is 14.9. The van der Waals surface area contributed by atoms with Crippen molar-refractivity contribution in [3.8, 4) is 0 Å². The average molecular weight is 244 g/mol. The highest BCUT2D eigenvalue weighted by atomic mass is 16.5. The monoisotopic (exact) mass is 244 g/mol. The molecule has 0 bridgehead atoms. The standard InChI is InChI=1S/C13H28N2O2/c1-3-12-10-17-9-8-15(12)7-5-6-13(14,4-2)11-16/h12,16H,3-11,14H2,1-2H3. The van der Waals surface area contributed by atoms with Crippen LogP contribution in [-0.2, 0) is 4.74 Å². The minimum Gasteiger partial charge on any atom is -0.394 e. The summed E-state index contributed by atoms with van der Waals surface area (Å²) >= 11 is 0. The maximum absolute atomic E-state index is 9.26. The molecule has 102 valence electrons. The summed E-state index contributed by atoms with van der Waals surface area (Å²) < 4.78 is 5.49. The summed E-state index contributed by atoms with van der Waals surface area (Å²) in [4.78, 5) is 2.50. The maximum atomic E-state index is 9.26. The van der Waals surface area contributed by atoms with Crippen LogP contribution in [0.25, 0.3) is 0 Å². The molecule has 0 radical (unpaired) electrons. The van der Waals surface area contributed by atoms with Crippen LogP contribution in [0.1, 0.15) is 39.5 Å². The van der Waals surface area contributed by atoms with Gasteiger partial charge in [0, 0.05) is 18.1 Å². The van der Waals surface area contributed by atoms with Crippen LogP contribution in [0.3, 0.4) is 0 Å². The first-order valence-electron chi connectivity index (χ1n) is 6.86. The Morgan fingerprint density at radius 3 is 2.82 bits per heavy atom. The molecule has 3 N–H and O–H groups in total. The van der Waals surface area contributed by atoms with Crippen molar-refractivity contribution in [3.05, 3.63) is 0 Å². The van der Waals surface area contributed by atoms with Crippen molar-refractivity contribution in [2.45, 2.75) is 51.1 Å². The molecule has 4 nitrogen and oxygen atoms in total. The van der Waals surface area contributed by atoms with Gasteiger partial charge in [-0.05, 0) is 32.2 Å². The Kier molecular flexibility index (Phi) is 6.41. The summed E-state index contributed by atoms with van der Waals surface area (Å²) in [5.74, 6) is 0. The molecule has 1 aliphatic heterocycles. The first-order valence-corrected chi connectivity index (χ1v) is 6.86. The lowest BCUT2D eigenvalue weighted by atomic mass is 9.92. The molecule has 0 aromatic carbocycles. The summed E-state index contributed by atoms with van der Waals surface area (Å²) in [6.45, 7) is 8.14. The minimum absolute atomic E-state index is 0.0871. The number of ether oxygens (including phenoxy) is 1. The molecule has 4 heteroatoms. The van der Waals surface area contributed by atoms with Gasteiger partial charge in [0.15, 0.2) is 0 Å². The van der Waals surface area contributed by atoms with Crippen molar-refractivity contribution in [2.24, 2.45) is 5.73 Å². The molecule has 1 heterocycles. The summed E-state index contributed by atoms with van der Waals surface area (Å²) in [5.41, 5.74) is 5.71. The topological polar surface area (TPSA) is 58.7 Å². The molecule has 0 aromatic rings. The smallest absolute Gasteiger partial charge is 0.0622 e. The van der Waals surface area contributed by atoms with Gasteiger partial charge in [-0.25, -0.2) is 0 Å². The molecule has 1 fully saturated rings. The lowest BCUT2D eigenvalue weighted by Crippen LogP contribution is -2.47. The third-order valence-corrected chi connectivity index (χ3v) is 3.96.